The summed E-state index contributed by atoms with van der Waals surface area (Å²) in [6.07, 6.45) is 3.23. The van der Waals surface area contributed by atoms with Gasteiger partial charge in [0, 0.05) is 11.1 Å². The quantitative estimate of drug-likeness (QED) is 0.724. The summed E-state index contributed by atoms with van der Waals surface area (Å²) >= 11 is 9.73. The normalized spacial score (nSPS) is 10.5. The molecule has 0 aliphatic rings. The van der Waals surface area contributed by atoms with Crippen LogP contribution < -0.4 is 9.47 Å². The number of rotatable bonds is 5. The number of aromatic nitrogens is 2. The zero-order chi connectivity index (χ0) is 15.4. The Labute approximate surface area is 137 Å². The molecule has 0 aliphatic carbocycles. The molecule has 0 unspecified atom stereocenters. The number of halogens is 2. The number of hydrogen-bond acceptors (Lipinski definition) is 4. The summed E-state index contributed by atoms with van der Waals surface area (Å²) in [4.78, 5) is 8.47. The van der Waals surface area contributed by atoms with Crippen molar-refractivity contribution in [2.24, 2.45) is 0 Å². The van der Waals surface area contributed by atoms with Gasteiger partial charge in [-0.3, -0.25) is 0 Å². The minimum atomic E-state index is 0.482. The molecule has 4 nitrogen and oxygen atoms in total. The topological polar surface area (TPSA) is 44.2 Å². The lowest BCUT2D eigenvalue weighted by Crippen LogP contribution is -2.00. The summed E-state index contributed by atoms with van der Waals surface area (Å²) in [6, 6.07) is 3.79. The molecule has 0 aliphatic heterocycles. The van der Waals surface area contributed by atoms with Crippen LogP contribution in [0.5, 0.6) is 11.5 Å². The number of methoxy groups -OCH3 is 2. The molecule has 0 spiro atoms. The monoisotopic (exact) mass is 370 g/mol. The molecule has 112 valence electrons. The summed E-state index contributed by atoms with van der Waals surface area (Å²) in [5.41, 5.74) is 2.58. The number of nitrogens with zero attached hydrogens (tertiary/aromatic N) is 2. The van der Waals surface area contributed by atoms with Crippen LogP contribution in [0.25, 0.3) is 11.3 Å². The van der Waals surface area contributed by atoms with E-state index < -0.39 is 0 Å². The van der Waals surface area contributed by atoms with E-state index in [0.29, 0.717) is 16.7 Å². The average molecular weight is 372 g/mol. The van der Waals surface area contributed by atoms with Gasteiger partial charge in [0.15, 0.2) is 0 Å². The van der Waals surface area contributed by atoms with Crippen LogP contribution in [0.2, 0.25) is 5.15 Å². The van der Waals surface area contributed by atoms with Crippen LogP contribution >= 0.6 is 27.5 Å². The summed E-state index contributed by atoms with van der Waals surface area (Å²) in [5.74, 6) is 1.37. The second kappa shape index (κ2) is 7.09. The zero-order valence-corrected chi connectivity index (χ0v) is 14.5. The molecule has 6 heteroatoms. The van der Waals surface area contributed by atoms with Crippen molar-refractivity contribution in [2.75, 3.05) is 14.2 Å². The molecule has 2 aromatic rings. The maximum atomic E-state index is 6.22. The van der Waals surface area contributed by atoms with Crippen LogP contribution in [0.15, 0.2) is 22.9 Å². The number of benzene rings is 1. The van der Waals surface area contributed by atoms with Crippen molar-refractivity contribution in [3.8, 4) is 22.8 Å². The maximum Gasteiger partial charge on any atom is 0.146 e. The minimum Gasteiger partial charge on any atom is -0.495 e. The van der Waals surface area contributed by atoms with Gasteiger partial charge in [-0.2, -0.15) is 0 Å². The molecule has 0 saturated carbocycles. The highest BCUT2D eigenvalue weighted by molar-refractivity contribution is 9.10. The van der Waals surface area contributed by atoms with E-state index in [1.807, 2.05) is 12.1 Å². The van der Waals surface area contributed by atoms with E-state index in [2.05, 4.69) is 32.8 Å². The molecular formula is C15H16BrClN2O2. The molecule has 0 N–H and O–H groups in total. The lowest BCUT2D eigenvalue weighted by molar-refractivity contribution is 0.390. The predicted octanol–water partition coefficient (Wildman–Crippen LogP) is 4.53. The van der Waals surface area contributed by atoms with Gasteiger partial charge in [-0.1, -0.05) is 24.9 Å². The summed E-state index contributed by atoms with van der Waals surface area (Å²) in [6.45, 7) is 2.09. The molecule has 21 heavy (non-hydrogen) atoms. The van der Waals surface area contributed by atoms with Crippen molar-refractivity contribution in [3.63, 3.8) is 0 Å². The van der Waals surface area contributed by atoms with Crippen LogP contribution in [0, 0.1) is 0 Å². The Morgan fingerprint density at radius 3 is 2.57 bits per heavy atom. The lowest BCUT2D eigenvalue weighted by Gasteiger charge is -2.15. The van der Waals surface area contributed by atoms with Crippen molar-refractivity contribution in [1.29, 1.82) is 0 Å². The lowest BCUT2D eigenvalue weighted by atomic mass is 10.0. The van der Waals surface area contributed by atoms with E-state index in [1.165, 1.54) is 6.33 Å². The SMILES string of the molecule is CCCc1c(Cl)ncnc1-c1ccc(OC)c(Br)c1OC. The van der Waals surface area contributed by atoms with Gasteiger partial charge in [0.25, 0.3) is 0 Å². The van der Waals surface area contributed by atoms with Crippen LogP contribution in [0.1, 0.15) is 18.9 Å². The highest BCUT2D eigenvalue weighted by atomic mass is 79.9. The minimum absolute atomic E-state index is 0.482. The van der Waals surface area contributed by atoms with Gasteiger partial charge in [-0.15, -0.1) is 0 Å². The Morgan fingerprint density at radius 2 is 1.95 bits per heavy atom. The summed E-state index contributed by atoms with van der Waals surface area (Å²) in [7, 11) is 3.23. The first-order valence-electron chi connectivity index (χ1n) is 6.54. The standard InChI is InChI=1S/C15H16BrClN2O2/c1-4-5-10-13(18-8-19-15(10)17)9-6-7-11(20-2)12(16)14(9)21-3/h6-8H,4-5H2,1-3H3. The first kappa shape index (κ1) is 16.0. The van der Waals surface area contributed by atoms with Gasteiger partial charge >= 0.3 is 0 Å². The number of ether oxygens (including phenoxy) is 2. The Bertz CT molecular complexity index is 650. The Balaban J connectivity index is 2.67. The van der Waals surface area contributed by atoms with Crippen molar-refractivity contribution >= 4 is 27.5 Å². The van der Waals surface area contributed by atoms with Crippen LogP contribution in [-0.4, -0.2) is 24.2 Å². The second-order valence-corrected chi connectivity index (χ2v) is 5.56. The van der Waals surface area contributed by atoms with Crippen molar-refractivity contribution in [2.45, 2.75) is 19.8 Å². The van der Waals surface area contributed by atoms with E-state index >= 15 is 0 Å². The van der Waals surface area contributed by atoms with E-state index in [-0.39, 0.29) is 0 Å². The fourth-order valence-electron chi connectivity index (χ4n) is 2.18. The first-order valence-corrected chi connectivity index (χ1v) is 7.71. The highest BCUT2D eigenvalue weighted by Gasteiger charge is 2.19. The van der Waals surface area contributed by atoms with Crippen LogP contribution in [0.4, 0.5) is 0 Å². The third kappa shape index (κ3) is 3.14. The molecule has 0 radical (unpaired) electrons. The smallest absolute Gasteiger partial charge is 0.146 e. The van der Waals surface area contributed by atoms with Gasteiger partial charge in [-0.05, 0) is 34.5 Å². The van der Waals surface area contributed by atoms with Gasteiger partial charge in [0.1, 0.15) is 27.5 Å². The van der Waals surface area contributed by atoms with E-state index in [4.69, 9.17) is 21.1 Å². The maximum absolute atomic E-state index is 6.22. The zero-order valence-electron chi connectivity index (χ0n) is 12.1. The Kier molecular flexibility index (Phi) is 5.42. The van der Waals surface area contributed by atoms with E-state index in [0.717, 1.165) is 34.1 Å². The van der Waals surface area contributed by atoms with Crippen LogP contribution in [0.3, 0.4) is 0 Å². The fourth-order valence-corrected chi connectivity index (χ4v) is 3.07. The molecule has 0 saturated heterocycles. The van der Waals surface area contributed by atoms with Crippen molar-refractivity contribution in [1.82, 2.24) is 9.97 Å². The Hall–Kier alpha value is -1.33. The first-order chi connectivity index (χ1) is 10.1. The highest BCUT2D eigenvalue weighted by Crippen LogP contribution is 2.42. The van der Waals surface area contributed by atoms with E-state index in [9.17, 15) is 0 Å². The second-order valence-electron chi connectivity index (χ2n) is 4.40. The third-order valence-electron chi connectivity index (χ3n) is 3.13. The van der Waals surface area contributed by atoms with Gasteiger partial charge in [0.05, 0.1) is 19.9 Å². The summed E-state index contributed by atoms with van der Waals surface area (Å²) < 4.78 is 11.6. The van der Waals surface area contributed by atoms with Crippen molar-refractivity contribution in [3.05, 3.63) is 33.6 Å². The molecule has 1 aromatic heterocycles. The van der Waals surface area contributed by atoms with Crippen molar-refractivity contribution < 1.29 is 9.47 Å². The Morgan fingerprint density at radius 1 is 1.19 bits per heavy atom. The molecule has 0 amide bonds. The fraction of sp³-hybridized carbons (Fsp3) is 0.333. The van der Waals surface area contributed by atoms with E-state index in [1.54, 1.807) is 14.2 Å². The average Bonchev–Trinajstić information content (AvgIpc) is 2.49. The van der Waals surface area contributed by atoms with Gasteiger partial charge in [0.2, 0.25) is 0 Å². The number of hydrogen-bond donors (Lipinski definition) is 0. The molecule has 0 bridgehead atoms. The predicted molar refractivity (Wildman–Crippen MR) is 87.3 cm³/mol. The molecule has 2 rings (SSSR count). The summed E-state index contributed by atoms with van der Waals surface area (Å²) in [5, 5.41) is 0.482. The van der Waals surface area contributed by atoms with Crippen LogP contribution in [-0.2, 0) is 6.42 Å². The molecule has 1 aromatic carbocycles. The van der Waals surface area contributed by atoms with Gasteiger partial charge < -0.3 is 9.47 Å². The molecule has 0 atom stereocenters. The van der Waals surface area contributed by atoms with Gasteiger partial charge in [-0.25, -0.2) is 9.97 Å². The molecular weight excluding hydrogens is 356 g/mol. The third-order valence-corrected chi connectivity index (χ3v) is 4.21. The largest absolute Gasteiger partial charge is 0.495 e. The molecule has 0 fully saturated rings. The molecule has 1 heterocycles.